The molecule has 2 fully saturated rings. The summed E-state index contributed by atoms with van der Waals surface area (Å²) in [5.74, 6) is 0. The molecule has 15 heavy (non-hydrogen) atoms. The minimum absolute atomic E-state index is 0.358. The molecular formula is C13H26N2. The lowest BCUT2D eigenvalue weighted by molar-refractivity contribution is 0.149. The van der Waals surface area contributed by atoms with Gasteiger partial charge in [-0.2, -0.15) is 0 Å². The zero-order chi connectivity index (χ0) is 10.9. The van der Waals surface area contributed by atoms with Gasteiger partial charge in [-0.25, -0.2) is 0 Å². The first-order valence-corrected chi connectivity index (χ1v) is 6.63. The van der Waals surface area contributed by atoms with Gasteiger partial charge in [-0.05, 0) is 39.7 Å². The first-order chi connectivity index (χ1) is 7.12. The molecular weight excluding hydrogens is 184 g/mol. The largest absolute Gasteiger partial charge is 0.310 e. The van der Waals surface area contributed by atoms with Crippen molar-refractivity contribution in [1.29, 1.82) is 0 Å². The summed E-state index contributed by atoms with van der Waals surface area (Å²) in [5.41, 5.74) is 0.358. The summed E-state index contributed by atoms with van der Waals surface area (Å²) >= 11 is 0. The second-order valence-corrected chi connectivity index (χ2v) is 5.89. The molecule has 2 aliphatic rings. The van der Waals surface area contributed by atoms with Crippen LogP contribution in [0.2, 0.25) is 0 Å². The normalized spacial score (nSPS) is 31.6. The molecule has 0 spiro atoms. The van der Waals surface area contributed by atoms with E-state index in [0.717, 1.165) is 12.1 Å². The molecule has 88 valence electrons. The minimum Gasteiger partial charge on any atom is -0.310 e. The van der Waals surface area contributed by atoms with Crippen molar-refractivity contribution in [3.05, 3.63) is 0 Å². The molecule has 1 N–H and O–H groups in total. The van der Waals surface area contributed by atoms with Crippen molar-refractivity contribution >= 4 is 0 Å². The zero-order valence-electron chi connectivity index (χ0n) is 10.6. The average molecular weight is 210 g/mol. The minimum atomic E-state index is 0.358. The van der Waals surface area contributed by atoms with Gasteiger partial charge in [0, 0.05) is 24.2 Å². The van der Waals surface area contributed by atoms with E-state index in [9.17, 15) is 0 Å². The lowest BCUT2D eigenvalue weighted by Gasteiger charge is -2.33. The average Bonchev–Trinajstić information content (AvgIpc) is 2.77. The maximum Gasteiger partial charge on any atom is 0.0240 e. The van der Waals surface area contributed by atoms with Crippen LogP contribution in [0.3, 0.4) is 0 Å². The van der Waals surface area contributed by atoms with E-state index in [0.29, 0.717) is 5.54 Å². The summed E-state index contributed by atoms with van der Waals surface area (Å²) in [5, 5.41) is 3.64. The van der Waals surface area contributed by atoms with Crippen molar-refractivity contribution in [2.45, 2.75) is 70.5 Å². The van der Waals surface area contributed by atoms with Crippen LogP contribution in [0, 0.1) is 0 Å². The number of likely N-dealkylation sites (N-methyl/N-ethyl adjacent to an activating group) is 1. The van der Waals surface area contributed by atoms with Gasteiger partial charge >= 0.3 is 0 Å². The predicted molar refractivity (Wildman–Crippen MR) is 65.1 cm³/mol. The maximum atomic E-state index is 3.64. The smallest absolute Gasteiger partial charge is 0.0240 e. The van der Waals surface area contributed by atoms with Crippen molar-refractivity contribution in [2.75, 3.05) is 13.1 Å². The molecule has 1 atom stereocenters. The van der Waals surface area contributed by atoms with Crippen LogP contribution < -0.4 is 5.32 Å². The molecule has 1 aliphatic heterocycles. The summed E-state index contributed by atoms with van der Waals surface area (Å²) in [6, 6.07) is 1.67. The van der Waals surface area contributed by atoms with Gasteiger partial charge in [-0.15, -0.1) is 0 Å². The fourth-order valence-corrected chi connectivity index (χ4v) is 3.41. The molecule has 0 bridgehead atoms. The van der Waals surface area contributed by atoms with Crippen LogP contribution in [-0.4, -0.2) is 35.6 Å². The van der Waals surface area contributed by atoms with E-state index in [-0.39, 0.29) is 0 Å². The summed E-state index contributed by atoms with van der Waals surface area (Å²) in [6.45, 7) is 9.40. The Labute approximate surface area is 94.4 Å². The number of rotatable bonds is 3. The Morgan fingerprint density at radius 2 is 1.87 bits per heavy atom. The molecule has 1 saturated heterocycles. The lowest BCUT2D eigenvalue weighted by atomic mass is 9.99. The highest BCUT2D eigenvalue weighted by atomic mass is 15.2. The maximum absolute atomic E-state index is 3.64. The Hall–Kier alpha value is -0.0800. The number of hydrogen-bond acceptors (Lipinski definition) is 2. The predicted octanol–water partition coefficient (Wildman–Crippen LogP) is 2.39. The van der Waals surface area contributed by atoms with Crippen LogP contribution >= 0.6 is 0 Å². The van der Waals surface area contributed by atoms with Crippen LogP contribution in [0.5, 0.6) is 0 Å². The fraction of sp³-hybridized carbons (Fsp3) is 1.00. The SMILES string of the molecule is CCN(C1CCCC1)C1CNC(C)(C)C1. The Morgan fingerprint density at radius 1 is 1.20 bits per heavy atom. The standard InChI is InChI=1S/C13H26N2/c1-4-15(11-7-5-6-8-11)12-9-13(2,3)14-10-12/h11-12,14H,4-10H2,1-3H3. The third-order valence-electron chi connectivity index (χ3n) is 4.19. The number of nitrogens with one attached hydrogen (secondary N) is 1. The van der Waals surface area contributed by atoms with Gasteiger partial charge in [0.2, 0.25) is 0 Å². The van der Waals surface area contributed by atoms with Gasteiger partial charge in [-0.3, -0.25) is 4.90 Å². The first kappa shape index (κ1) is 11.4. The monoisotopic (exact) mass is 210 g/mol. The van der Waals surface area contributed by atoms with Crippen molar-refractivity contribution in [3.63, 3.8) is 0 Å². The highest BCUT2D eigenvalue weighted by molar-refractivity contribution is 4.96. The van der Waals surface area contributed by atoms with Crippen molar-refractivity contribution in [2.24, 2.45) is 0 Å². The van der Waals surface area contributed by atoms with E-state index in [2.05, 4.69) is 31.0 Å². The Balaban J connectivity index is 1.95. The van der Waals surface area contributed by atoms with Gasteiger partial charge in [0.05, 0.1) is 0 Å². The number of hydrogen-bond donors (Lipinski definition) is 1. The molecule has 2 rings (SSSR count). The molecule has 1 aliphatic carbocycles. The quantitative estimate of drug-likeness (QED) is 0.769. The van der Waals surface area contributed by atoms with Crippen LogP contribution in [0.15, 0.2) is 0 Å². The first-order valence-electron chi connectivity index (χ1n) is 6.63. The van der Waals surface area contributed by atoms with Gasteiger partial charge in [0.25, 0.3) is 0 Å². The third-order valence-corrected chi connectivity index (χ3v) is 4.19. The van der Waals surface area contributed by atoms with E-state index in [4.69, 9.17) is 0 Å². The van der Waals surface area contributed by atoms with E-state index in [1.807, 2.05) is 0 Å². The van der Waals surface area contributed by atoms with E-state index in [1.165, 1.54) is 45.2 Å². The second-order valence-electron chi connectivity index (χ2n) is 5.89. The van der Waals surface area contributed by atoms with E-state index >= 15 is 0 Å². The zero-order valence-corrected chi connectivity index (χ0v) is 10.6. The summed E-state index contributed by atoms with van der Waals surface area (Å²) in [4.78, 5) is 2.76. The molecule has 0 radical (unpaired) electrons. The van der Waals surface area contributed by atoms with E-state index < -0.39 is 0 Å². The highest BCUT2D eigenvalue weighted by Crippen LogP contribution is 2.29. The number of nitrogens with zero attached hydrogens (tertiary/aromatic N) is 1. The van der Waals surface area contributed by atoms with Crippen LogP contribution in [0.25, 0.3) is 0 Å². The second kappa shape index (κ2) is 4.42. The van der Waals surface area contributed by atoms with Crippen LogP contribution in [0.4, 0.5) is 0 Å². The Bertz CT molecular complexity index is 207. The molecule has 0 aromatic carbocycles. The molecule has 0 aromatic heterocycles. The molecule has 0 aromatic rings. The third kappa shape index (κ3) is 2.54. The lowest BCUT2D eigenvalue weighted by Crippen LogP contribution is -2.43. The summed E-state index contributed by atoms with van der Waals surface area (Å²) < 4.78 is 0. The van der Waals surface area contributed by atoms with Gasteiger partial charge in [0.15, 0.2) is 0 Å². The Morgan fingerprint density at radius 3 is 2.33 bits per heavy atom. The highest BCUT2D eigenvalue weighted by Gasteiger charge is 2.36. The molecule has 1 unspecified atom stereocenters. The van der Waals surface area contributed by atoms with Crippen molar-refractivity contribution in [3.8, 4) is 0 Å². The molecule has 1 heterocycles. The molecule has 0 amide bonds. The Kier molecular flexibility index (Phi) is 3.36. The van der Waals surface area contributed by atoms with Gasteiger partial charge in [-0.1, -0.05) is 19.8 Å². The summed E-state index contributed by atoms with van der Waals surface area (Å²) in [6.07, 6.45) is 7.09. The topological polar surface area (TPSA) is 15.3 Å². The van der Waals surface area contributed by atoms with Gasteiger partial charge < -0.3 is 5.32 Å². The van der Waals surface area contributed by atoms with Crippen molar-refractivity contribution < 1.29 is 0 Å². The van der Waals surface area contributed by atoms with Crippen LogP contribution in [-0.2, 0) is 0 Å². The molecule has 2 nitrogen and oxygen atoms in total. The summed E-state index contributed by atoms with van der Waals surface area (Å²) in [7, 11) is 0. The molecule has 1 saturated carbocycles. The van der Waals surface area contributed by atoms with Gasteiger partial charge in [0.1, 0.15) is 0 Å². The molecule has 2 heteroatoms. The van der Waals surface area contributed by atoms with Crippen LogP contribution in [0.1, 0.15) is 52.9 Å². The van der Waals surface area contributed by atoms with Crippen molar-refractivity contribution in [1.82, 2.24) is 10.2 Å². The van der Waals surface area contributed by atoms with E-state index in [1.54, 1.807) is 0 Å². The fourth-order valence-electron chi connectivity index (χ4n) is 3.41.